The third-order valence-corrected chi connectivity index (χ3v) is 4.72. The molecule has 0 heterocycles. The van der Waals surface area contributed by atoms with Gasteiger partial charge in [0, 0.05) is 10.2 Å². The Kier molecular flexibility index (Phi) is 7.30. The lowest BCUT2D eigenvalue weighted by Gasteiger charge is -2.13. The molecule has 0 radical (unpaired) electrons. The summed E-state index contributed by atoms with van der Waals surface area (Å²) in [5.74, 6) is 2.37. The molecule has 0 bridgehead atoms. The zero-order chi connectivity index (χ0) is 20.6. The molecule has 0 aliphatic rings. The van der Waals surface area contributed by atoms with Crippen LogP contribution in [0, 0.1) is 5.92 Å². The van der Waals surface area contributed by atoms with Gasteiger partial charge in [0.1, 0.15) is 17.2 Å². The minimum Gasteiger partial charge on any atom is -0.493 e. The first-order valence-corrected chi connectivity index (χ1v) is 10.4. The van der Waals surface area contributed by atoms with Crippen molar-refractivity contribution in [3.63, 3.8) is 0 Å². The number of hydrogen-bond donors (Lipinski definition) is 1. The van der Waals surface area contributed by atoms with Crippen molar-refractivity contribution < 1.29 is 14.3 Å². The summed E-state index contributed by atoms with van der Waals surface area (Å²) in [5, 5.41) is 2.92. The van der Waals surface area contributed by atoms with Crippen LogP contribution in [-0.4, -0.2) is 12.5 Å². The second kappa shape index (κ2) is 10.1. The molecule has 5 heteroatoms. The zero-order valence-electron chi connectivity index (χ0n) is 16.5. The molecule has 150 valence electrons. The topological polar surface area (TPSA) is 47.6 Å². The maximum Gasteiger partial charge on any atom is 0.259 e. The van der Waals surface area contributed by atoms with Gasteiger partial charge in [0.15, 0.2) is 0 Å². The van der Waals surface area contributed by atoms with E-state index in [1.165, 1.54) is 0 Å². The van der Waals surface area contributed by atoms with Gasteiger partial charge in [-0.2, -0.15) is 0 Å². The minimum absolute atomic E-state index is 0.220. The third-order valence-electron chi connectivity index (χ3n) is 4.23. The lowest BCUT2D eigenvalue weighted by atomic mass is 10.1. The number of hydrogen-bond acceptors (Lipinski definition) is 3. The Bertz CT molecular complexity index is 940. The molecule has 3 aromatic rings. The van der Waals surface area contributed by atoms with E-state index in [9.17, 15) is 4.79 Å². The maximum atomic E-state index is 12.8. The first-order chi connectivity index (χ1) is 14.0. The van der Waals surface area contributed by atoms with Crippen LogP contribution >= 0.6 is 15.9 Å². The van der Waals surface area contributed by atoms with Crippen LogP contribution < -0.4 is 14.8 Å². The number of ether oxygens (including phenoxy) is 2. The van der Waals surface area contributed by atoms with E-state index in [-0.39, 0.29) is 5.91 Å². The third kappa shape index (κ3) is 6.36. The number of para-hydroxylation sites is 1. The second-order valence-corrected chi connectivity index (χ2v) is 7.98. The van der Waals surface area contributed by atoms with Crippen molar-refractivity contribution in [3.8, 4) is 17.2 Å². The van der Waals surface area contributed by atoms with Crippen LogP contribution in [0.15, 0.2) is 77.3 Å². The highest BCUT2D eigenvalue weighted by atomic mass is 79.9. The predicted molar refractivity (Wildman–Crippen MR) is 120 cm³/mol. The Morgan fingerprint density at radius 3 is 2.34 bits per heavy atom. The summed E-state index contributed by atoms with van der Waals surface area (Å²) in [7, 11) is 0. The maximum absolute atomic E-state index is 12.8. The van der Waals surface area contributed by atoms with E-state index in [1.54, 1.807) is 6.07 Å². The lowest BCUT2D eigenvalue weighted by molar-refractivity contribution is 0.102. The fourth-order valence-corrected chi connectivity index (χ4v) is 3.00. The smallest absolute Gasteiger partial charge is 0.259 e. The largest absolute Gasteiger partial charge is 0.493 e. The van der Waals surface area contributed by atoms with Gasteiger partial charge in [-0.15, -0.1) is 0 Å². The van der Waals surface area contributed by atoms with Crippen LogP contribution in [-0.2, 0) is 0 Å². The van der Waals surface area contributed by atoms with E-state index >= 15 is 0 Å². The number of anilines is 1. The van der Waals surface area contributed by atoms with Crippen molar-refractivity contribution in [3.05, 3.63) is 82.8 Å². The van der Waals surface area contributed by atoms with Crippen molar-refractivity contribution in [1.29, 1.82) is 0 Å². The average Bonchev–Trinajstić information content (AvgIpc) is 2.71. The van der Waals surface area contributed by atoms with Crippen LogP contribution in [0.25, 0.3) is 0 Å². The van der Waals surface area contributed by atoms with E-state index in [0.717, 1.165) is 16.6 Å². The highest BCUT2D eigenvalue weighted by molar-refractivity contribution is 9.10. The molecule has 0 aliphatic carbocycles. The second-order valence-electron chi connectivity index (χ2n) is 7.07. The van der Waals surface area contributed by atoms with Crippen molar-refractivity contribution in [2.45, 2.75) is 20.3 Å². The number of rotatable bonds is 8. The number of nitrogens with one attached hydrogen (secondary N) is 1. The van der Waals surface area contributed by atoms with E-state index < -0.39 is 0 Å². The van der Waals surface area contributed by atoms with Gasteiger partial charge in [0.25, 0.3) is 5.91 Å². The molecule has 1 N–H and O–H groups in total. The highest BCUT2D eigenvalue weighted by Gasteiger charge is 2.14. The van der Waals surface area contributed by atoms with Crippen LogP contribution in [0.4, 0.5) is 5.69 Å². The number of amides is 1. The number of carbonyl (C=O) groups is 1. The van der Waals surface area contributed by atoms with Gasteiger partial charge in [-0.05, 0) is 66.9 Å². The van der Waals surface area contributed by atoms with Crippen molar-refractivity contribution in [2.75, 3.05) is 11.9 Å². The summed E-state index contributed by atoms with van der Waals surface area (Å²) >= 11 is 3.43. The molecule has 29 heavy (non-hydrogen) atoms. The summed E-state index contributed by atoms with van der Waals surface area (Å²) in [6, 6.07) is 22.3. The van der Waals surface area contributed by atoms with Crippen molar-refractivity contribution in [2.24, 2.45) is 5.92 Å². The van der Waals surface area contributed by atoms with Gasteiger partial charge in [-0.25, -0.2) is 0 Å². The fourth-order valence-electron chi connectivity index (χ4n) is 2.64. The highest BCUT2D eigenvalue weighted by Crippen LogP contribution is 2.26. The van der Waals surface area contributed by atoms with Crippen LogP contribution in [0.1, 0.15) is 30.6 Å². The molecule has 0 aliphatic heterocycles. The van der Waals surface area contributed by atoms with Crippen molar-refractivity contribution >= 4 is 27.5 Å². The fraction of sp³-hybridized carbons (Fsp3) is 0.208. The van der Waals surface area contributed by atoms with Crippen LogP contribution in [0.5, 0.6) is 17.2 Å². The number of carbonyl (C=O) groups excluding carboxylic acids is 1. The summed E-state index contributed by atoms with van der Waals surface area (Å²) < 4.78 is 12.5. The van der Waals surface area contributed by atoms with Gasteiger partial charge in [0.2, 0.25) is 0 Å². The number of halogens is 1. The van der Waals surface area contributed by atoms with Gasteiger partial charge in [0.05, 0.1) is 12.2 Å². The van der Waals surface area contributed by atoms with Crippen molar-refractivity contribution in [1.82, 2.24) is 0 Å². The SMILES string of the molecule is CC(C)CCOc1ccc(Br)cc1C(=O)Nc1ccc(Oc2ccccc2)cc1. The van der Waals surface area contributed by atoms with E-state index in [0.29, 0.717) is 35.3 Å². The monoisotopic (exact) mass is 453 g/mol. The zero-order valence-corrected chi connectivity index (χ0v) is 18.1. The predicted octanol–water partition coefficient (Wildman–Crippen LogP) is 6.92. The molecule has 0 atom stereocenters. The molecule has 0 fully saturated rings. The molecular formula is C24H24BrNO3. The average molecular weight is 454 g/mol. The van der Waals surface area contributed by atoms with Gasteiger partial charge in [-0.3, -0.25) is 4.79 Å². The molecule has 1 amide bonds. The Morgan fingerprint density at radius 1 is 0.966 bits per heavy atom. The molecule has 0 spiro atoms. The molecule has 4 nitrogen and oxygen atoms in total. The van der Waals surface area contributed by atoms with Gasteiger partial charge in [-0.1, -0.05) is 48.0 Å². The molecule has 3 aromatic carbocycles. The van der Waals surface area contributed by atoms with E-state index in [1.807, 2.05) is 66.7 Å². The molecule has 0 saturated heterocycles. The van der Waals surface area contributed by atoms with Gasteiger partial charge < -0.3 is 14.8 Å². The lowest BCUT2D eigenvalue weighted by Crippen LogP contribution is -2.14. The first kappa shape index (κ1) is 20.9. The molecule has 3 rings (SSSR count). The van der Waals surface area contributed by atoms with Crippen LogP contribution in [0.3, 0.4) is 0 Å². The molecule has 0 unspecified atom stereocenters. The van der Waals surface area contributed by atoms with E-state index in [4.69, 9.17) is 9.47 Å². The minimum atomic E-state index is -0.220. The van der Waals surface area contributed by atoms with E-state index in [2.05, 4.69) is 35.1 Å². The molecular weight excluding hydrogens is 430 g/mol. The van der Waals surface area contributed by atoms with Crippen LogP contribution in [0.2, 0.25) is 0 Å². The molecule has 0 aromatic heterocycles. The summed E-state index contributed by atoms with van der Waals surface area (Å²) in [6.07, 6.45) is 0.931. The normalized spacial score (nSPS) is 10.6. The van der Waals surface area contributed by atoms with Gasteiger partial charge >= 0.3 is 0 Å². The summed E-state index contributed by atoms with van der Waals surface area (Å²) in [4.78, 5) is 12.8. The standard InChI is InChI=1S/C24H24BrNO3/c1-17(2)14-15-28-23-13-8-18(25)16-22(23)24(27)26-19-9-11-21(12-10-19)29-20-6-4-3-5-7-20/h3-13,16-17H,14-15H2,1-2H3,(H,26,27). The summed E-state index contributed by atoms with van der Waals surface area (Å²) in [6.45, 7) is 4.86. The molecule has 0 saturated carbocycles. The Morgan fingerprint density at radius 2 is 1.66 bits per heavy atom. The Labute approximate surface area is 180 Å². The Hall–Kier alpha value is -2.79. The summed E-state index contributed by atoms with van der Waals surface area (Å²) in [5.41, 5.74) is 1.18. The number of benzene rings is 3. The first-order valence-electron chi connectivity index (χ1n) is 9.58. The quantitative estimate of drug-likeness (QED) is 0.402. The Balaban J connectivity index is 1.67.